The molecule has 0 spiro atoms. The summed E-state index contributed by atoms with van der Waals surface area (Å²) in [6.07, 6.45) is 1.51. The Kier molecular flexibility index (Phi) is 5.37. The maximum absolute atomic E-state index is 13.2. The first-order chi connectivity index (χ1) is 16.0. The molecule has 10 heteroatoms. The summed E-state index contributed by atoms with van der Waals surface area (Å²) in [6, 6.07) is 15.3. The van der Waals surface area contributed by atoms with Crippen molar-refractivity contribution in [2.75, 3.05) is 16.0 Å². The van der Waals surface area contributed by atoms with E-state index in [-0.39, 0.29) is 30.2 Å². The number of amides is 1. The molecule has 0 bridgehead atoms. The van der Waals surface area contributed by atoms with Gasteiger partial charge in [-0.25, -0.2) is 4.79 Å². The lowest BCUT2D eigenvalue weighted by molar-refractivity contribution is -0.148. The van der Waals surface area contributed by atoms with Crippen molar-refractivity contribution in [1.82, 2.24) is 15.0 Å². The van der Waals surface area contributed by atoms with Gasteiger partial charge in [0.2, 0.25) is 17.8 Å². The van der Waals surface area contributed by atoms with Crippen LogP contribution in [0.1, 0.15) is 31.2 Å². The Morgan fingerprint density at radius 3 is 2.82 bits per heavy atom. The molecule has 5 rings (SSSR count). The number of aryl methyl sites for hydroxylation is 1. The summed E-state index contributed by atoms with van der Waals surface area (Å²) in [6.45, 7) is 1.87. The highest BCUT2D eigenvalue weighted by Gasteiger charge is 2.58. The van der Waals surface area contributed by atoms with Crippen LogP contribution in [0, 0.1) is 0 Å². The quantitative estimate of drug-likeness (QED) is 0.530. The number of carbonyl (C=O) groups is 2. The molecule has 3 heterocycles. The molecule has 2 aliphatic rings. The zero-order valence-corrected chi connectivity index (χ0v) is 18.8. The lowest BCUT2D eigenvalue weighted by Gasteiger charge is -2.28. The van der Waals surface area contributed by atoms with E-state index in [1.165, 1.54) is 11.8 Å². The number of hydrogen-bond donors (Lipinski definition) is 2. The summed E-state index contributed by atoms with van der Waals surface area (Å²) >= 11 is 1.35. The molecule has 0 saturated carbocycles. The van der Waals surface area contributed by atoms with Gasteiger partial charge in [0, 0.05) is 23.4 Å². The van der Waals surface area contributed by atoms with Crippen LogP contribution in [0.15, 0.2) is 53.4 Å². The Bertz CT molecular complexity index is 1250. The molecule has 0 unspecified atom stereocenters. The zero-order chi connectivity index (χ0) is 23.0. The molecule has 1 saturated heterocycles. The molecular weight excluding hydrogens is 440 g/mol. The Hall–Kier alpha value is -3.66. The smallest absolute Gasteiger partial charge is 0.343 e. The Morgan fingerprint density at radius 1 is 1.18 bits per heavy atom. The predicted octanol–water partition coefficient (Wildman–Crippen LogP) is 3.43. The summed E-state index contributed by atoms with van der Waals surface area (Å²) in [4.78, 5) is 39.7. The SMILES string of the molecule is CCc1ccccc1Nc1nc(N)nc(COC(=O)[C@]23CCC(=O)N2c2ccccc2S3)n1. The van der Waals surface area contributed by atoms with Crippen molar-refractivity contribution in [2.45, 2.75) is 42.6 Å². The highest BCUT2D eigenvalue weighted by atomic mass is 32.2. The Balaban J connectivity index is 1.34. The van der Waals surface area contributed by atoms with Crippen molar-refractivity contribution < 1.29 is 14.3 Å². The summed E-state index contributed by atoms with van der Waals surface area (Å²) in [5, 5.41) is 3.16. The van der Waals surface area contributed by atoms with E-state index in [2.05, 4.69) is 27.2 Å². The molecular formula is C23H22N6O3S. The summed E-state index contributed by atoms with van der Waals surface area (Å²) in [5.41, 5.74) is 8.59. The molecule has 9 nitrogen and oxygen atoms in total. The average molecular weight is 463 g/mol. The molecule has 0 radical (unpaired) electrons. The van der Waals surface area contributed by atoms with Crippen LogP contribution in [0.2, 0.25) is 0 Å². The number of hydrogen-bond acceptors (Lipinski definition) is 9. The fourth-order valence-corrected chi connectivity index (χ4v) is 5.56. The monoisotopic (exact) mass is 462 g/mol. The van der Waals surface area contributed by atoms with Crippen LogP contribution in [-0.4, -0.2) is 31.7 Å². The van der Waals surface area contributed by atoms with Crippen molar-refractivity contribution in [3.8, 4) is 0 Å². The number of rotatable bonds is 6. The van der Waals surface area contributed by atoms with Gasteiger partial charge in [-0.15, -0.1) is 0 Å². The number of aromatic nitrogens is 3. The number of nitrogens with zero attached hydrogens (tertiary/aromatic N) is 4. The van der Waals surface area contributed by atoms with Gasteiger partial charge < -0.3 is 15.8 Å². The van der Waals surface area contributed by atoms with E-state index in [4.69, 9.17) is 10.5 Å². The normalized spacial score (nSPS) is 18.7. The minimum Gasteiger partial charge on any atom is -0.455 e. The number of nitrogens with one attached hydrogen (secondary N) is 1. The average Bonchev–Trinajstić information content (AvgIpc) is 3.33. The van der Waals surface area contributed by atoms with Gasteiger partial charge in [0.05, 0.1) is 5.69 Å². The van der Waals surface area contributed by atoms with Gasteiger partial charge in [-0.05, 0) is 30.2 Å². The minimum absolute atomic E-state index is 0.0195. The molecule has 1 amide bonds. The maximum atomic E-state index is 13.2. The van der Waals surface area contributed by atoms with Gasteiger partial charge in [-0.3, -0.25) is 9.69 Å². The predicted molar refractivity (Wildman–Crippen MR) is 125 cm³/mol. The zero-order valence-electron chi connectivity index (χ0n) is 17.9. The second-order valence-electron chi connectivity index (χ2n) is 7.73. The van der Waals surface area contributed by atoms with E-state index in [1.807, 2.05) is 48.5 Å². The summed E-state index contributed by atoms with van der Waals surface area (Å²) in [5.74, 6) is -0.0756. The van der Waals surface area contributed by atoms with E-state index >= 15 is 0 Å². The van der Waals surface area contributed by atoms with Crippen molar-refractivity contribution in [1.29, 1.82) is 0 Å². The molecule has 3 aromatic rings. The Labute approximate surface area is 194 Å². The number of esters is 1. The highest BCUT2D eigenvalue weighted by Crippen LogP contribution is 2.56. The van der Waals surface area contributed by atoms with Crippen molar-refractivity contribution in [2.24, 2.45) is 0 Å². The number of benzene rings is 2. The molecule has 3 N–H and O–H groups in total. The number of anilines is 4. The molecule has 1 atom stereocenters. The lowest BCUT2D eigenvalue weighted by Crippen LogP contribution is -2.47. The van der Waals surface area contributed by atoms with Crippen LogP contribution >= 0.6 is 11.8 Å². The number of nitrogens with two attached hydrogens (primary N) is 1. The molecule has 168 valence electrons. The first-order valence-electron chi connectivity index (χ1n) is 10.6. The van der Waals surface area contributed by atoms with E-state index in [0.29, 0.717) is 12.8 Å². The van der Waals surface area contributed by atoms with Crippen molar-refractivity contribution >= 4 is 46.9 Å². The van der Waals surface area contributed by atoms with Crippen LogP contribution in [-0.2, 0) is 27.4 Å². The van der Waals surface area contributed by atoms with Crippen LogP contribution in [0.5, 0.6) is 0 Å². The first kappa shape index (κ1) is 21.2. The number of para-hydroxylation sites is 2. The van der Waals surface area contributed by atoms with E-state index < -0.39 is 10.8 Å². The van der Waals surface area contributed by atoms with Crippen LogP contribution in [0.25, 0.3) is 0 Å². The number of nitrogen functional groups attached to an aromatic ring is 1. The second-order valence-corrected chi connectivity index (χ2v) is 9.05. The van der Waals surface area contributed by atoms with Gasteiger partial charge in [-0.2, -0.15) is 15.0 Å². The van der Waals surface area contributed by atoms with Crippen LogP contribution in [0.3, 0.4) is 0 Å². The van der Waals surface area contributed by atoms with Gasteiger partial charge >= 0.3 is 5.97 Å². The maximum Gasteiger partial charge on any atom is 0.343 e. The number of fused-ring (bicyclic) bond motifs is 3. The van der Waals surface area contributed by atoms with E-state index in [0.717, 1.165) is 28.3 Å². The third kappa shape index (κ3) is 3.76. The molecule has 33 heavy (non-hydrogen) atoms. The van der Waals surface area contributed by atoms with Crippen molar-refractivity contribution in [3.05, 3.63) is 59.9 Å². The highest BCUT2D eigenvalue weighted by molar-refractivity contribution is 8.02. The number of ether oxygens (including phenoxy) is 1. The van der Waals surface area contributed by atoms with Gasteiger partial charge in [0.25, 0.3) is 0 Å². The fraction of sp³-hybridized carbons (Fsp3) is 0.261. The second kappa shape index (κ2) is 8.36. The molecule has 0 aliphatic carbocycles. The number of thioether (sulfide) groups is 1. The van der Waals surface area contributed by atoms with E-state index in [1.54, 1.807) is 4.90 Å². The summed E-state index contributed by atoms with van der Waals surface area (Å²) < 4.78 is 5.61. The Morgan fingerprint density at radius 2 is 1.97 bits per heavy atom. The molecule has 2 aromatic carbocycles. The third-order valence-corrected chi connectivity index (χ3v) is 7.12. The first-order valence-corrected chi connectivity index (χ1v) is 11.5. The standard InChI is InChI=1S/C23H22N6O3S/c1-2-14-7-3-4-8-15(14)25-22-27-18(26-21(24)28-22)13-32-20(31)23-12-11-19(30)29(23)16-9-5-6-10-17(16)33-23/h3-10H,2,11-13H2,1H3,(H3,24,25,26,27,28)/t23-/m1/s1. The van der Waals surface area contributed by atoms with Crippen LogP contribution < -0.4 is 16.0 Å². The minimum atomic E-state index is -1.10. The van der Waals surface area contributed by atoms with Gasteiger partial charge in [0.15, 0.2) is 17.3 Å². The fourth-order valence-electron chi connectivity index (χ4n) is 4.14. The van der Waals surface area contributed by atoms with Crippen molar-refractivity contribution in [3.63, 3.8) is 0 Å². The largest absolute Gasteiger partial charge is 0.455 e. The third-order valence-electron chi connectivity index (χ3n) is 5.67. The van der Waals surface area contributed by atoms with E-state index in [9.17, 15) is 9.59 Å². The summed E-state index contributed by atoms with van der Waals surface area (Å²) in [7, 11) is 0. The number of carbonyl (C=O) groups excluding carboxylic acids is 2. The van der Waals surface area contributed by atoms with Gasteiger partial charge in [0.1, 0.15) is 0 Å². The topological polar surface area (TPSA) is 123 Å². The molecule has 1 aromatic heterocycles. The van der Waals surface area contributed by atoms with Crippen LogP contribution in [0.4, 0.5) is 23.3 Å². The molecule has 2 aliphatic heterocycles. The van der Waals surface area contributed by atoms with Gasteiger partial charge in [-0.1, -0.05) is 49.0 Å². The molecule has 1 fully saturated rings. The lowest BCUT2D eigenvalue weighted by atomic mass is 10.1.